The quantitative estimate of drug-likeness (QED) is 0.795. The Morgan fingerprint density at radius 1 is 1.38 bits per heavy atom. The van der Waals surface area contributed by atoms with Gasteiger partial charge in [-0.05, 0) is 17.5 Å². The molecule has 0 spiro atoms. The van der Waals surface area contributed by atoms with Crippen molar-refractivity contribution in [2.24, 2.45) is 0 Å². The topological polar surface area (TPSA) is 51.2 Å². The van der Waals surface area contributed by atoms with E-state index in [1.807, 2.05) is 24.3 Å². The van der Waals surface area contributed by atoms with Crippen molar-refractivity contribution in [3.8, 4) is 0 Å². The van der Waals surface area contributed by atoms with Crippen molar-refractivity contribution >= 4 is 15.6 Å². The second kappa shape index (κ2) is 4.01. The number of hydrogen-bond donors (Lipinski definition) is 0. The van der Waals surface area contributed by atoms with Crippen molar-refractivity contribution in [3.63, 3.8) is 0 Å². The largest absolute Gasteiger partial charge is 0.299 e. The number of rotatable bonds is 4. The molecule has 0 radical (unpaired) electrons. The van der Waals surface area contributed by atoms with Gasteiger partial charge in [0.2, 0.25) is 0 Å². The third-order valence-corrected chi connectivity index (χ3v) is 3.91. The minimum absolute atomic E-state index is 0.0372. The molecule has 0 fully saturated rings. The molecule has 2 rings (SSSR count). The smallest absolute Gasteiger partial charge is 0.147 e. The van der Waals surface area contributed by atoms with Crippen molar-refractivity contribution in [2.45, 2.75) is 18.8 Å². The van der Waals surface area contributed by atoms with Gasteiger partial charge in [0.05, 0.1) is 5.75 Å². The fourth-order valence-electron chi connectivity index (χ4n) is 2.01. The highest BCUT2D eigenvalue weighted by Gasteiger charge is 2.31. The van der Waals surface area contributed by atoms with Crippen LogP contribution in [0.25, 0.3) is 0 Å². The average Bonchev–Trinajstić information content (AvgIpc) is 2.16. The molecule has 1 aliphatic rings. The normalized spacial score (nSPS) is 18.7. The van der Waals surface area contributed by atoms with E-state index in [0.717, 1.165) is 18.2 Å². The lowest BCUT2D eigenvalue weighted by atomic mass is 9.75. The second-order valence-electron chi connectivity index (χ2n) is 4.30. The van der Waals surface area contributed by atoms with Crippen molar-refractivity contribution < 1.29 is 13.2 Å². The SMILES string of the molecule is CS(=O)(=O)CCC(=O)C1Cc2ccccc21. The Kier molecular flexibility index (Phi) is 2.84. The summed E-state index contributed by atoms with van der Waals surface area (Å²) in [5.74, 6) is -0.0631. The van der Waals surface area contributed by atoms with E-state index in [1.165, 1.54) is 5.56 Å². The zero-order valence-electron chi connectivity index (χ0n) is 9.14. The zero-order chi connectivity index (χ0) is 11.8. The summed E-state index contributed by atoms with van der Waals surface area (Å²) < 4.78 is 21.9. The number of Topliss-reactive ketones (excluding diaryl/α,β-unsaturated/α-hetero) is 1. The minimum atomic E-state index is -3.04. The Labute approximate surface area is 95.4 Å². The molecule has 4 heteroatoms. The molecule has 1 atom stereocenters. The van der Waals surface area contributed by atoms with Crippen LogP contribution in [0.2, 0.25) is 0 Å². The minimum Gasteiger partial charge on any atom is -0.299 e. The molecule has 0 saturated heterocycles. The van der Waals surface area contributed by atoms with Crippen LogP contribution in [0.3, 0.4) is 0 Å². The maximum absolute atomic E-state index is 11.8. The molecule has 0 heterocycles. The van der Waals surface area contributed by atoms with E-state index in [4.69, 9.17) is 0 Å². The van der Waals surface area contributed by atoms with Gasteiger partial charge in [0.1, 0.15) is 15.6 Å². The highest BCUT2D eigenvalue weighted by Crippen LogP contribution is 2.36. The predicted molar refractivity (Wildman–Crippen MR) is 62.2 cm³/mol. The lowest BCUT2D eigenvalue weighted by molar-refractivity contribution is -0.120. The van der Waals surface area contributed by atoms with Crippen LogP contribution in [0.1, 0.15) is 23.5 Å². The summed E-state index contributed by atoms with van der Waals surface area (Å²) in [4.78, 5) is 11.8. The molecule has 0 aromatic heterocycles. The first-order valence-corrected chi connectivity index (χ1v) is 7.31. The maximum Gasteiger partial charge on any atom is 0.147 e. The van der Waals surface area contributed by atoms with Crippen LogP contribution in [-0.2, 0) is 21.1 Å². The van der Waals surface area contributed by atoms with Crippen LogP contribution >= 0.6 is 0 Å². The standard InChI is InChI=1S/C12H14O3S/c1-16(14,15)7-6-12(13)11-8-9-4-2-3-5-10(9)11/h2-5,11H,6-8H2,1H3. The van der Waals surface area contributed by atoms with Crippen LogP contribution < -0.4 is 0 Å². The molecule has 0 saturated carbocycles. The molecule has 0 N–H and O–H groups in total. The predicted octanol–water partition coefficient (Wildman–Crippen LogP) is 1.33. The monoisotopic (exact) mass is 238 g/mol. The van der Waals surface area contributed by atoms with Crippen LogP contribution in [0.4, 0.5) is 0 Å². The van der Waals surface area contributed by atoms with E-state index in [-0.39, 0.29) is 23.9 Å². The Bertz CT molecular complexity index is 517. The number of ketones is 1. The molecule has 1 aromatic rings. The van der Waals surface area contributed by atoms with Crippen LogP contribution in [0.5, 0.6) is 0 Å². The molecule has 0 bridgehead atoms. The van der Waals surface area contributed by atoms with Gasteiger partial charge in [-0.25, -0.2) is 8.42 Å². The zero-order valence-corrected chi connectivity index (χ0v) is 9.96. The molecule has 1 aliphatic carbocycles. The van der Waals surface area contributed by atoms with E-state index in [2.05, 4.69) is 0 Å². The van der Waals surface area contributed by atoms with Crippen LogP contribution in [-0.4, -0.2) is 26.2 Å². The van der Waals surface area contributed by atoms with Gasteiger partial charge in [-0.15, -0.1) is 0 Å². The van der Waals surface area contributed by atoms with Gasteiger partial charge in [-0.3, -0.25) is 4.79 Å². The van der Waals surface area contributed by atoms with Gasteiger partial charge in [0, 0.05) is 18.6 Å². The molecular formula is C12H14O3S. The summed E-state index contributed by atoms with van der Waals surface area (Å²) in [6.45, 7) is 0. The van der Waals surface area contributed by atoms with E-state index in [1.54, 1.807) is 0 Å². The molecule has 1 aromatic carbocycles. The van der Waals surface area contributed by atoms with E-state index in [0.29, 0.717) is 0 Å². The third kappa shape index (κ3) is 2.32. The van der Waals surface area contributed by atoms with Crippen LogP contribution in [0.15, 0.2) is 24.3 Å². The number of sulfone groups is 1. The lowest BCUT2D eigenvalue weighted by Gasteiger charge is -2.28. The van der Waals surface area contributed by atoms with Crippen molar-refractivity contribution in [1.29, 1.82) is 0 Å². The molecule has 86 valence electrons. The summed E-state index contributed by atoms with van der Waals surface area (Å²) in [6, 6.07) is 7.82. The Morgan fingerprint density at radius 2 is 2.06 bits per heavy atom. The maximum atomic E-state index is 11.8. The first-order chi connectivity index (χ1) is 7.47. The molecule has 3 nitrogen and oxygen atoms in total. The van der Waals surface area contributed by atoms with E-state index in [9.17, 15) is 13.2 Å². The molecular weight excluding hydrogens is 224 g/mol. The van der Waals surface area contributed by atoms with Gasteiger partial charge in [-0.1, -0.05) is 24.3 Å². The summed E-state index contributed by atoms with van der Waals surface area (Å²) in [5.41, 5.74) is 2.28. The lowest BCUT2D eigenvalue weighted by Crippen LogP contribution is -2.26. The highest BCUT2D eigenvalue weighted by molar-refractivity contribution is 7.90. The van der Waals surface area contributed by atoms with Gasteiger partial charge in [0.25, 0.3) is 0 Å². The fraction of sp³-hybridized carbons (Fsp3) is 0.417. The molecule has 0 amide bonds. The fourth-order valence-corrected chi connectivity index (χ4v) is 2.58. The van der Waals surface area contributed by atoms with Crippen molar-refractivity contribution in [2.75, 3.05) is 12.0 Å². The summed E-state index contributed by atoms with van der Waals surface area (Å²) in [6.07, 6.45) is 2.06. The summed E-state index contributed by atoms with van der Waals surface area (Å²) in [5, 5.41) is 0. The van der Waals surface area contributed by atoms with Gasteiger partial charge in [-0.2, -0.15) is 0 Å². The number of carbonyl (C=O) groups excluding carboxylic acids is 1. The number of fused-ring (bicyclic) bond motifs is 1. The van der Waals surface area contributed by atoms with E-state index >= 15 is 0 Å². The van der Waals surface area contributed by atoms with Gasteiger partial charge < -0.3 is 0 Å². The number of hydrogen-bond acceptors (Lipinski definition) is 3. The molecule has 1 unspecified atom stereocenters. The van der Waals surface area contributed by atoms with Crippen LogP contribution in [0, 0.1) is 0 Å². The Hall–Kier alpha value is -1.16. The third-order valence-electron chi connectivity index (χ3n) is 2.96. The number of benzene rings is 1. The average molecular weight is 238 g/mol. The molecule has 16 heavy (non-hydrogen) atoms. The van der Waals surface area contributed by atoms with Gasteiger partial charge in [0.15, 0.2) is 0 Å². The second-order valence-corrected chi connectivity index (χ2v) is 6.56. The first-order valence-electron chi connectivity index (χ1n) is 5.25. The van der Waals surface area contributed by atoms with Gasteiger partial charge >= 0.3 is 0 Å². The van der Waals surface area contributed by atoms with Crippen molar-refractivity contribution in [3.05, 3.63) is 35.4 Å². The highest BCUT2D eigenvalue weighted by atomic mass is 32.2. The summed E-state index contributed by atoms with van der Waals surface area (Å²) >= 11 is 0. The van der Waals surface area contributed by atoms with E-state index < -0.39 is 9.84 Å². The van der Waals surface area contributed by atoms with Crippen molar-refractivity contribution in [1.82, 2.24) is 0 Å². The summed E-state index contributed by atoms with van der Waals surface area (Å²) in [7, 11) is -3.04. The Morgan fingerprint density at radius 3 is 2.69 bits per heavy atom. The number of carbonyl (C=O) groups is 1. The Balaban J connectivity index is 2.00. The molecule has 0 aliphatic heterocycles. The first kappa shape index (κ1) is 11.3.